The van der Waals surface area contributed by atoms with Gasteiger partial charge in [0.1, 0.15) is 0 Å². The van der Waals surface area contributed by atoms with E-state index in [4.69, 9.17) is 0 Å². The van der Waals surface area contributed by atoms with Crippen LogP contribution in [0, 0.1) is 0 Å². The molecular weight excluding hydrogens is 296 g/mol. The van der Waals surface area contributed by atoms with Crippen LogP contribution in [0.1, 0.15) is 17.3 Å². The summed E-state index contributed by atoms with van der Waals surface area (Å²) in [6, 6.07) is 15.0. The number of rotatable bonds is 3. The number of hydrogen-bond donors (Lipinski definition) is 1. The van der Waals surface area contributed by atoms with Crippen LogP contribution >= 0.6 is 0 Å². The van der Waals surface area contributed by atoms with E-state index >= 15 is 0 Å². The summed E-state index contributed by atoms with van der Waals surface area (Å²) in [6.45, 7) is 5.23. The first kappa shape index (κ1) is 14.6. The first-order valence-electron chi connectivity index (χ1n) is 6.75. The van der Waals surface area contributed by atoms with Gasteiger partial charge < -0.3 is 4.55 Å². The van der Waals surface area contributed by atoms with E-state index in [0.29, 0.717) is 11.0 Å². The summed E-state index contributed by atoms with van der Waals surface area (Å²) in [5.74, 6) is -0.313. The highest BCUT2D eigenvalue weighted by atomic mass is 32.2. The predicted molar refractivity (Wildman–Crippen MR) is 89.6 cm³/mol. The molecule has 3 aromatic carbocycles. The van der Waals surface area contributed by atoms with Crippen LogP contribution in [0.2, 0.25) is 0 Å². The zero-order valence-corrected chi connectivity index (χ0v) is 12.8. The molecule has 3 rings (SSSR count). The fourth-order valence-corrected chi connectivity index (χ4v) is 3.30. The highest BCUT2D eigenvalue weighted by Gasteiger charge is 2.19. The minimum Gasteiger partial charge on any atom is -0.302 e. The van der Waals surface area contributed by atoms with E-state index in [1.807, 2.05) is 36.4 Å². The van der Waals surface area contributed by atoms with Crippen molar-refractivity contribution in [2.75, 3.05) is 0 Å². The SMILES string of the molecule is C=C(C)C(=O)c1ccc2cc3ccccc3cc2c1S(=O)O. The van der Waals surface area contributed by atoms with Crippen LogP contribution in [0.5, 0.6) is 0 Å². The summed E-state index contributed by atoms with van der Waals surface area (Å²) in [5.41, 5.74) is 0.572. The fraction of sp³-hybridized carbons (Fsp3) is 0.0556. The van der Waals surface area contributed by atoms with E-state index in [-0.39, 0.29) is 16.2 Å². The van der Waals surface area contributed by atoms with E-state index in [9.17, 15) is 13.6 Å². The Kier molecular flexibility index (Phi) is 3.64. The maximum absolute atomic E-state index is 12.2. The Labute approximate surface area is 130 Å². The predicted octanol–water partition coefficient (Wildman–Crippen LogP) is 4.33. The molecule has 0 heterocycles. The van der Waals surface area contributed by atoms with Gasteiger partial charge in [-0.2, -0.15) is 0 Å². The number of Topliss-reactive ketones (excluding diaryl/α,β-unsaturated/α-hetero) is 1. The van der Waals surface area contributed by atoms with E-state index in [1.54, 1.807) is 19.1 Å². The van der Waals surface area contributed by atoms with Gasteiger partial charge in [0.05, 0.1) is 4.90 Å². The Morgan fingerprint density at radius 3 is 2.27 bits per heavy atom. The molecule has 0 fully saturated rings. The Hall–Kier alpha value is -2.30. The number of carbonyl (C=O) groups excluding carboxylic acids is 1. The standard InChI is InChI=1S/C18H14O3S/c1-11(2)17(19)15-8-7-14-9-12-5-3-4-6-13(12)10-16(14)18(15)22(20)21/h3-10H,1H2,2H3,(H,20,21). The van der Waals surface area contributed by atoms with Crippen molar-refractivity contribution in [1.29, 1.82) is 0 Å². The zero-order chi connectivity index (χ0) is 15.9. The van der Waals surface area contributed by atoms with Crippen molar-refractivity contribution in [2.45, 2.75) is 11.8 Å². The summed E-state index contributed by atoms with van der Waals surface area (Å²) in [7, 11) is 0. The fourth-order valence-electron chi connectivity index (χ4n) is 2.58. The van der Waals surface area contributed by atoms with Crippen molar-refractivity contribution in [3.05, 3.63) is 66.2 Å². The van der Waals surface area contributed by atoms with Crippen LogP contribution in [-0.2, 0) is 11.1 Å². The van der Waals surface area contributed by atoms with Crippen LogP contribution in [0.25, 0.3) is 21.5 Å². The zero-order valence-electron chi connectivity index (χ0n) is 12.0. The largest absolute Gasteiger partial charge is 0.302 e. The molecule has 1 unspecified atom stereocenters. The van der Waals surface area contributed by atoms with Crippen molar-refractivity contribution in [1.82, 2.24) is 0 Å². The van der Waals surface area contributed by atoms with E-state index < -0.39 is 11.1 Å². The van der Waals surface area contributed by atoms with Gasteiger partial charge in [-0.25, -0.2) is 4.21 Å². The van der Waals surface area contributed by atoms with Crippen LogP contribution in [0.15, 0.2) is 65.6 Å². The number of benzene rings is 3. The number of hydrogen-bond acceptors (Lipinski definition) is 2. The third-order valence-electron chi connectivity index (χ3n) is 3.64. The molecule has 4 heteroatoms. The molecular formula is C18H14O3S. The lowest BCUT2D eigenvalue weighted by Crippen LogP contribution is -2.06. The Morgan fingerprint density at radius 2 is 1.68 bits per heavy atom. The van der Waals surface area contributed by atoms with Crippen molar-refractivity contribution in [3.8, 4) is 0 Å². The molecule has 1 atom stereocenters. The maximum atomic E-state index is 12.2. The minimum absolute atomic E-state index is 0.149. The molecule has 0 radical (unpaired) electrons. The third kappa shape index (κ3) is 2.36. The van der Waals surface area contributed by atoms with Crippen molar-refractivity contribution in [2.24, 2.45) is 0 Å². The molecule has 3 nitrogen and oxygen atoms in total. The number of fused-ring (bicyclic) bond motifs is 2. The van der Waals surface area contributed by atoms with Gasteiger partial charge in [0.2, 0.25) is 0 Å². The summed E-state index contributed by atoms with van der Waals surface area (Å²) in [4.78, 5) is 12.4. The van der Waals surface area contributed by atoms with Gasteiger partial charge in [0, 0.05) is 10.9 Å². The summed E-state index contributed by atoms with van der Waals surface area (Å²) >= 11 is -2.26. The molecule has 0 saturated heterocycles. The first-order chi connectivity index (χ1) is 10.5. The van der Waals surface area contributed by atoms with Crippen molar-refractivity contribution in [3.63, 3.8) is 0 Å². The molecule has 0 aliphatic heterocycles. The maximum Gasteiger partial charge on any atom is 0.189 e. The molecule has 0 bridgehead atoms. The highest BCUT2D eigenvalue weighted by Crippen LogP contribution is 2.30. The monoisotopic (exact) mass is 310 g/mol. The molecule has 0 aliphatic carbocycles. The van der Waals surface area contributed by atoms with Gasteiger partial charge in [-0.1, -0.05) is 36.9 Å². The van der Waals surface area contributed by atoms with Gasteiger partial charge in [0.25, 0.3) is 0 Å². The van der Waals surface area contributed by atoms with Crippen molar-refractivity contribution >= 4 is 38.4 Å². The Morgan fingerprint density at radius 1 is 1.05 bits per heavy atom. The average Bonchev–Trinajstić information content (AvgIpc) is 2.50. The van der Waals surface area contributed by atoms with Gasteiger partial charge in [-0.05, 0) is 46.9 Å². The number of ketones is 1. The summed E-state index contributed by atoms with van der Waals surface area (Å²) < 4.78 is 21.5. The molecule has 0 aromatic heterocycles. The molecule has 0 amide bonds. The molecule has 3 aromatic rings. The normalized spacial score (nSPS) is 12.5. The Balaban J connectivity index is 2.43. The van der Waals surface area contributed by atoms with Crippen LogP contribution in [0.4, 0.5) is 0 Å². The third-order valence-corrected chi connectivity index (χ3v) is 4.43. The number of carbonyl (C=O) groups is 1. The lowest BCUT2D eigenvalue weighted by atomic mass is 9.98. The van der Waals surface area contributed by atoms with E-state index in [0.717, 1.165) is 16.2 Å². The number of allylic oxidation sites excluding steroid dienone is 1. The van der Waals surface area contributed by atoms with Gasteiger partial charge in [-0.3, -0.25) is 4.79 Å². The molecule has 0 saturated carbocycles. The van der Waals surface area contributed by atoms with Gasteiger partial charge >= 0.3 is 0 Å². The first-order valence-corrected chi connectivity index (χ1v) is 7.86. The molecule has 0 aliphatic rings. The molecule has 0 spiro atoms. The van der Waals surface area contributed by atoms with Crippen LogP contribution < -0.4 is 0 Å². The van der Waals surface area contributed by atoms with Crippen LogP contribution in [-0.4, -0.2) is 14.5 Å². The summed E-state index contributed by atoms with van der Waals surface area (Å²) in [5, 5.41) is 3.45. The summed E-state index contributed by atoms with van der Waals surface area (Å²) in [6.07, 6.45) is 0. The lowest BCUT2D eigenvalue weighted by molar-refractivity contribution is 0.103. The van der Waals surface area contributed by atoms with Crippen LogP contribution in [0.3, 0.4) is 0 Å². The quantitative estimate of drug-likeness (QED) is 0.339. The highest BCUT2D eigenvalue weighted by molar-refractivity contribution is 7.79. The average molecular weight is 310 g/mol. The lowest BCUT2D eigenvalue weighted by Gasteiger charge is -2.10. The minimum atomic E-state index is -2.26. The van der Waals surface area contributed by atoms with Gasteiger partial charge in [0.15, 0.2) is 16.9 Å². The van der Waals surface area contributed by atoms with E-state index in [2.05, 4.69) is 6.58 Å². The smallest absolute Gasteiger partial charge is 0.189 e. The molecule has 1 N–H and O–H groups in total. The second kappa shape index (κ2) is 5.48. The molecule has 110 valence electrons. The second-order valence-electron chi connectivity index (χ2n) is 5.22. The Bertz CT molecular complexity index is 957. The van der Waals surface area contributed by atoms with Crippen molar-refractivity contribution < 1.29 is 13.6 Å². The molecule has 22 heavy (non-hydrogen) atoms. The van der Waals surface area contributed by atoms with E-state index in [1.165, 1.54) is 0 Å². The second-order valence-corrected chi connectivity index (χ2v) is 6.13. The topological polar surface area (TPSA) is 54.4 Å². The van der Waals surface area contributed by atoms with Gasteiger partial charge in [-0.15, -0.1) is 0 Å².